The van der Waals surface area contributed by atoms with E-state index in [-0.39, 0.29) is 11.7 Å². The second kappa shape index (κ2) is 4.37. The molecule has 1 unspecified atom stereocenters. The van der Waals surface area contributed by atoms with Crippen LogP contribution in [-0.2, 0) is 0 Å². The van der Waals surface area contributed by atoms with E-state index in [4.69, 9.17) is 5.73 Å². The maximum atomic E-state index is 9.68. The number of phenolic OH excluding ortho intramolecular Hbond substituents is 1. The summed E-state index contributed by atoms with van der Waals surface area (Å²) in [6.45, 7) is 2.64. The topological polar surface area (TPSA) is 64.1 Å². The SMILES string of the molecule is CC(CN)c1cnn(-c2ccccc2O)c1. The number of aromatic nitrogens is 2. The van der Waals surface area contributed by atoms with Gasteiger partial charge in [0.2, 0.25) is 0 Å². The fourth-order valence-corrected chi connectivity index (χ4v) is 1.52. The third kappa shape index (κ3) is 1.92. The first-order valence-electron chi connectivity index (χ1n) is 5.25. The zero-order chi connectivity index (χ0) is 11.5. The third-order valence-corrected chi connectivity index (χ3v) is 2.65. The molecule has 1 aromatic carbocycles. The number of hydrogen-bond acceptors (Lipinski definition) is 3. The quantitative estimate of drug-likeness (QED) is 0.821. The summed E-state index contributed by atoms with van der Waals surface area (Å²) in [5, 5.41) is 13.9. The Hall–Kier alpha value is -1.81. The minimum Gasteiger partial charge on any atom is -0.506 e. The molecule has 0 aliphatic heterocycles. The highest BCUT2D eigenvalue weighted by molar-refractivity contribution is 5.45. The molecule has 1 atom stereocenters. The van der Waals surface area contributed by atoms with E-state index >= 15 is 0 Å². The first-order chi connectivity index (χ1) is 7.72. The van der Waals surface area contributed by atoms with Crippen molar-refractivity contribution in [3.05, 3.63) is 42.2 Å². The highest BCUT2D eigenvalue weighted by Gasteiger charge is 2.08. The molecule has 0 amide bonds. The van der Waals surface area contributed by atoms with Crippen LogP contribution in [0.1, 0.15) is 18.4 Å². The summed E-state index contributed by atoms with van der Waals surface area (Å²) in [5.41, 5.74) is 7.35. The Morgan fingerprint density at radius 1 is 1.44 bits per heavy atom. The van der Waals surface area contributed by atoms with Gasteiger partial charge in [0.15, 0.2) is 0 Å². The summed E-state index contributed by atoms with van der Waals surface area (Å²) in [4.78, 5) is 0. The molecule has 4 heteroatoms. The van der Waals surface area contributed by atoms with Gasteiger partial charge < -0.3 is 10.8 Å². The fraction of sp³-hybridized carbons (Fsp3) is 0.250. The first kappa shape index (κ1) is 10.7. The van der Waals surface area contributed by atoms with Crippen molar-refractivity contribution >= 4 is 0 Å². The second-order valence-corrected chi connectivity index (χ2v) is 3.84. The molecule has 2 rings (SSSR count). The average molecular weight is 217 g/mol. The lowest BCUT2D eigenvalue weighted by molar-refractivity contribution is 0.470. The summed E-state index contributed by atoms with van der Waals surface area (Å²) >= 11 is 0. The summed E-state index contributed by atoms with van der Waals surface area (Å²) in [6.07, 6.45) is 3.68. The van der Waals surface area contributed by atoms with E-state index < -0.39 is 0 Å². The molecule has 1 heterocycles. The Bertz CT molecular complexity index is 479. The van der Waals surface area contributed by atoms with Crippen molar-refractivity contribution in [2.75, 3.05) is 6.54 Å². The van der Waals surface area contributed by atoms with E-state index in [1.807, 2.05) is 25.3 Å². The normalized spacial score (nSPS) is 12.6. The van der Waals surface area contributed by atoms with Crippen LogP contribution in [-0.4, -0.2) is 21.4 Å². The average Bonchev–Trinajstić information content (AvgIpc) is 2.78. The Labute approximate surface area is 94.3 Å². The lowest BCUT2D eigenvalue weighted by atomic mass is 10.1. The lowest BCUT2D eigenvalue weighted by Gasteiger charge is -2.05. The molecule has 1 aromatic heterocycles. The molecule has 16 heavy (non-hydrogen) atoms. The summed E-state index contributed by atoms with van der Waals surface area (Å²) < 4.78 is 1.66. The van der Waals surface area contributed by atoms with Crippen LogP contribution in [0, 0.1) is 0 Å². The number of aromatic hydroxyl groups is 1. The standard InChI is InChI=1S/C12H15N3O/c1-9(6-13)10-7-14-15(8-10)11-4-2-3-5-12(11)16/h2-5,7-9,16H,6,13H2,1H3. The molecule has 0 aliphatic rings. The third-order valence-electron chi connectivity index (χ3n) is 2.65. The van der Waals surface area contributed by atoms with Crippen molar-refractivity contribution < 1.29 is 5.11 Å². The summed E-state index contributed by atoms with van der Waals surface area (Å²) in [5.74, 6) is 0.497. The van der Waals surface area contributed by atoms with E-state index in [1.165, 1.54) is 0 Å². The molecule has 84 valence electrons. The van der Waals surface area contributed by atoms with Crippen molar-refractivity contribution in [2.45, 2.75) is 12.8 Å². The smallest absolute Gasteiger partial charge is 0.141 e. The minimum absolute atomic E-state index is 0.220. The van der Waals surface area contributed by atoms with Crippen molar-refractivity contribution in [2.24, 2.45) is 5.73 Å². The molecule has 0 bridgehead atoms. The van der Waals surface area contributed by atoms with Crippen LogP contribution < -0.4 is 5.73 Å². The molecule has 0 fully saturated rings. The van der Waals surface area contributed by atoms with Crippen LogP contribution in [0.4, 0.5) is 0 Å². The van der Waals surface area contributed by atoms with Gasteiger partial charge in [0.1, 0.15) is 11.4 Å². The lowest BCUT2D eigenvalue weighted by Crippen LogP contribution is -2.07. The number of nitrogens with two attached hydrogens (primary N) is 1. The molecule has 0 saturated heterocycles. The Kier molecular flexibility index (Phi) is 2.92. The van der Waals surface area contributed by atoms with Gasteiger partial charge in [0.05, 0.1) is 6.20 Å². The van der Waals surface area contributed by atoms with Crippen molar-refractivity contribution in [3.8, 4) is 11.4 Å². The molecular weight excluding hydrogens is 202 g/mol. The molecule has 0 aliphatic carbocycles. The van der Waals surface area contributed by atoms with Crippen LogP contribution >= 0.6 is 0 Å². The monoisotopic (exact) mass is 217 g/mol. The largest absolute Gasteiger partial charge is 0.506 e. The van der Waals surface area contributed by atoms with Crippen LogP contribution in [0.2, 0.25) is 0 Å². The van der Waals surface area contributed by atoms with Gasteiger partial charge in [-0.25, -0.2) is 4.68 Å². The highest BCUT2D eigenvalue weighted by atomic mass is 16.3. The second-order valence-electron chi connectivity index (χ2n) is 3.84. The van der Waals surface area contributed by atoms with E-state index in [1.54, 1.807) is 23.0 Å². The zero-order valence-electron chi connectivity index (χ0n) is 9.17. The van der Waals surface area contributed by atoms with Crippen molar-refractivity contribution in [1.82, 2.24) is 9.78 Å². The van der Waals surface area contributed by atoms with Gasteiger partial charge in [-0.2, -0.15) is 5.10 Å². The molecular formula is C12H15N3O. The zero-order valence-corrected chi connectivity index (χ0v) is 9.17. The number of para-hydroxylation sites is 2. The van der Waals surface area contributed by atoms with Gasteiger partial charge in [-0.15, -0.1) is 0 Å². The van der Waals surface area contributed by atoms with Crippen molar-refractivity contribution in [1.29, 1.82) is 0 Å². The number of phenols is 1. The fourth-order valence-electron chi connectivity index (χ4n) is 1.52. The first-order valence-corrected chi connectivity index (χ1v) is 5.25. The van der Waals surface area contributed by atoms with Crippen LogP contribution in [0.3, 0.4) is 0 Å². The highest BCUT2D eigenvalue weighted by Crippen LogP contribution is 2.21. The Morgan fingerprint density at radius 3 is 2.88 bits per heavy atom. The Balaban J connectivity index is 2.35. The number of rotatable bonds is 3. The van der Waals surface area contributed by atoms with Crippen LogP contribution in [0.25, 0.3) is 5.69 Å². The number of nitrogens with zero attached hydrogens (tertiary/aromatic N) is 2. The number of hydrogen-bond donors (Lipinski definition) is 2. The molecule has 0 saturated carbocycles. The van der Waals surface area contributed by atoms with E-state index in [0.717, 1.165) is 5.56 Å². The summed E-state index contributed by atoms with van der Waals surface area (Å²) in [7, 11) is 0. The van der Waals surface area contributed by atoms with Crippen LogP contribution in [0.15, 0.2) is 36.7 Å². The van der Waals surface area contributed by atoms with Gasteiger partial charge in [-0.3, -0.25) is 0 Å². The van der Waals surface area contributed by atoms with Gasteiger partial charge in [-0.05, 0) is 30.2 Å². The van der Waals surface area contributed by atoms with Gasteiger partial charge in [-0.1, -0.05) is 19.1 Å². The van der Waals surface area contributed by atoms with E-state index in [2.05, 4.69) is 5.10 Å². The van der Waals surface area contributed by atoms with Gasteiger partial charge in [0, 0.05) is 6.20 Å². The maximum absolute atomic E-state index is 9.68. The predicted molar refractivity (Wildman–Crippen MR) is 62.7 cm³/mol. The van der Waals surface area contributed by atoms with E-state index in [9.17, 15) is 5.11 Å². The molecule has 4 nitrogen and oxygen atoms in total. The minimum atomic E-state index is 0.220. The van der Waals surface area contributed by atoms with Gasteiger partial charge >= 0.3 is 0 Å². The molecule has 3 N–H and O–H groups in total. The number of benzene rings is 1. The molecule has 2 aromatic rings. The maximum Gasteiger partial charge on any atom is 0.141 e. The van der Waals surface area contributed by atoms with Crippen molar-refractivity contribution in [3.63, 3.8) is 0 Å². The summed E-state index contributed by atoms with van der Waals surface area (Å²) in [6, 6.07) is 7.11. The van der Waals surface area contributed by atoms with E-state index in [0.29, 0.717) is 12.2 Å². The molecule has 0 spiro atoms. The molecule has 0 radical (unpaired) electrons. The van der Waals surface area contributed by atoms with Crippen LogP contribution in [0.5, 0.6) is 5.75 Å². The Morgan fingerprint density at radius 2 is 2.19 bits per heavy atom. The van der Waals surface area contributed by atoms with Gasteiger partial charge in [0.25, 0.3) is 0 Å². The predicted octanol–water partition coefficient (Wildman–Crippen LogP) is 1.64.